The van der Waals surface area contributed by atoms with Gasteiger partial charge in [-0.2, -0.15) is 5.10 Å². The Morgan fingerprint density at radius 2 is 1.74 bits per heavy atom. The Labute approximate surface area is 197 Å². The van der Waals surface area contributed by atoms with Crippen molar-refractivity contribution in [2.24, 2.45) is 5.92 Å². The van der Waals surface area contributed by atoms with Crippen LogP contribution in [0.2, 0.25) is 0 Å². The molecule has 1 amide bonds. The van der Waals surface area contributed by atoms with E-state index in [9.17, 15) is 4.79 Å². The van der Waals surface area contributed by atoms with Crippen LogP contribution in [0.1, 0.15) is 31.7 Å². The van der Waals surface area contributed by atoms with Gasteiger partial charge >= 0.3 is 0 Å². The van der Waals surface area contributed by atoms with Crippen molar-refractivity contribution in [1.82, 2.24) is 24.6 Å². The van der Waals surface area contributed by atoms with Gasteiger partial charge in [-0.15, -0.1) is 0 Å². The molecule has 2 fully saturated rings. The molecule has 8 heteroatoms. The molecular weight excluding hydrogens is 428 g/mol. The van der Waals surface area contributed by atoms with Crippen molar-refractivity contribution >= 4 is 22.8 Å². The van der Waals surface area contributed by atoms with Gasteiger partial charge in [0.25, 0.3) is 0 Å². The van der Waals surface area contributed by atoms with Crippen LogP contribution in [0.4, 0.5) is 5.82 Å². The van der Waals surface area contributed by atoms with Crippen molar-refractivity contribution in [3.63, 3.8) is 0 Å². The molecule has 1 saturated carbocycles. The topological polar surface area (TPSA) is 99.2 Å². The van der Waals surface area contributed by atoms with Crippen LogP contribution in [0.15, 0.2) is 60.8 Å². The van der Waals surface area contributed by atoms with Crippen LogP contribution in [-0.4, -0.2) is 43.6 Å². The maximum Gasteiger partial charge on any atom is 0.225 e. The lowest BCUT2D eigenvalue weighted by Crippen LogP contribution is -2.41. The Morgan fingerprint density at radius 1 is 0.971 bits per heavy atom. The fourth-order valence-electron chi connectivity index (χ4n) is 4.58. The highest BCUT2D eigenvalue weighted by atomic mass is 16.5. The molecule has 0 unspecified atom stereocenters. The average molecular weight is 455 g/mol. The number of nitrogens with zero attached hydrogens (tertiary/aromatic N) is 5. The van der Waals surface area contributed by atoms with E-state index in [-0.39, 0.29) is 17.9 Å². The summed E-state index contributed by atoms with van der Waals surface area (Å²) in [5.74, 6) is 2.97. The summed E-state index contributed by atoms with van der Waals surface area (Å²) in [5, 5.41) is 5.34. The fourth-order valence-corrected chi connectivity index (χ4v) is 4.58. The SMILES string of the molecule is Nc1nc(-c2ccc(Oc3ccccc3)cc2)nc2c1cnn2[C@@H]1CCCN(C(=O)C2CC2)C1. The Bertz CT molecular complexity index is 1330. The third kappa shape index (κ3) is 3.96. The Balaban J connectivity index is 1.28. The Hall–Kier alpha value is -3.94. The van der Waals surface area contributed by atoms with Gasteiger partial charge in [0, 0.05) is 24.6 Å². The second kappa shape index (κ2) is 8.44. The number of para-hydroxylation sites is 1. The van der Waals surface area contributed by atoms with Gasteiger partial charge in [-0.05, 0) is 62.1 Å². The zero-order valence-corrected chi connectivity index (χ0v) is 18.8. The second-order valence-electron chi connectivity index (χ2n) is 9.05. The summed E-state index contributed by atoms with van der Waals surface area (Å²) in [5.41, 5.74) is 7.85. The number of fused-ring (bicyclic) bond motifs is 1. The fraction of sp³-hybridized carbons (Fsp3) is 0.308. The van der Waals surface area contributed by atoms with Crippen molar-refractivity contribution in [2.45, 2.75) is 31.7 Å². The van der Waals surface area contributed by atoms with Crippen LogP contribution in [-0.2, 0) is 4.79 Å². The normalized spacial score (nSPS) is 18.2. The quantitative estimate of drug-likeness (QED) is 0.479. The minimum Gasteiger partial charge on any atom is -0.457 e. The molecule has 2 N–H and O–H groups in total. The Kier molecular flexibility index (Phi) is 5.13. The van der Waals surface area contributed by atoms with Crippen LogP contribution in [0.25, 0.3) is 22.4 Å². The first-order valence-electron chi connectivity index (χ1n) is 11.8. The summed E-state index contributed by atoms with van der Waals surface area (Å²) >= 11 is 0. The van der Waals surface area contributed by atoms with Gasteiger partial charge in [0.05, 0.1) is 17.6 Å². The number of nitrogen functional groups attached to an aromatic ring is 1. The van der Waals surface area contributed by atoms with Crippen LogP contribution in [0.3, 0.4) is 0 Å². The van der Waals surface area contributed by atoms with E-state index in [1.807, 2.05) is 64.2 Å². The lowest BCUT2D eigenvalue weighted by molar-refractivity contribution is -0.134. The van der Waals surface area contributed by atoms with Crippen molar-refractivity contribution in [1.29, 1.82) is 0 Å². The molecule has 0 radical (unpaired) electrons. The highest BCUT2D eigenvalue weighted by Crippen LogP contribution is 2.34. The van der Waals surface area contributed by atoms with E-state index < -0.39 is 0 Å². The zero-order chi connectivity index (χ0) is 23.1. The number of benzene rings is 2. The minimum atomic E-state index is 0.0812. The van der Waals surface area contributed by atoms with Crippen LogP contribution < -0.4 is 10.5 Å². The first-order valence-corrected chi connectivity index (χ1v) is 11.8. The average Bonchev–Trinajstić information content (AvgIpc) is 3.63. The second-order valence-corrected chi connectivity index (χ2v) is 9.05. The summed E-state index contributed by atoms with van der Waals surface area (Å²) in [6.45, 7) is 1.49. The number of hydrogen-bond donors (Lipinski definition) is 1. The van der Waals surface area contributed by atoms with Crippen molar-refractivity contribution in [3.8, 4) is 22.9 Å². The lowest BCUT2D eigenvalue weighted by atomic mass is 10.1. The largest absolute Gasteiger partial charge is 0.457 e. The van der Waals surface area contributed by atoms with Gasteiger partial charge in [0.15, 0.2) is 11.5 Å². The molecule has 8 nitrogen and oxygen atoms in total. The number of likely N-dealkylation sites (tertiary alicyclic amines) is 1. The molecule has 1 aliphatic heterocycles. The molecule has 3 heterocycles. The number of amides is 1. The smallest absolute Gasteiger partial charge is 0.225 e. The van der Waals surface area contributed by atoms with E-state index in [0.717, 1.165) is 54.7 Å². The predicted molar refractivity (Wildman–Crippen MR) is 129 cm³/mol. The molecule has 6 rings (SSSR count). The summed E-state index contributed by atoms with van der Waals surface area (Å²) in [6.07, 6.45) is 5.68. The molecule has 2 aliphatic rings. The number of piperidine rings is 1. The molecule has 0 bridgehead atoms. The first kappa shape index (κ1) is 20.7. The van der Waals surface area contributed by atoms with E-state index >= 15 is 0 Å². The van der Waals surface area contributed by atoms with Gasteiger partial charge < -0.3 is 15.4 Å². The van der Waals surface area contributed by atoms with E-state index in [4.69, 9.17) is 15.5 Å². The summed E-state index contributed by atoms with van der Waals surface area (Å²) in [7, 11) is 0. The molecule has 1 saturated heterocycles. The molecule has 2 aromatic carbocycles. The molecule has 4 aromatic rings. The molecular formula is C26H26N6O2. The number of ether oxygens (including phenoxy) is 1. The van der Waals surface area contributed by atoms with E-state index in [0.29, 0.717) is 23.8 Å². The number of nitrogens with two attached hydrogens (primary N) is 1. The van der Waals surface area contributed by atoms with Gasteiger partial charge in [0.1, 0.15) is 17.3 Å². The first-order chi connectivity index (χ1) is 16.7. The highest BCUT2D eigenvalue weighted by Gasteiger charge is 2.36. The van der Waals surface area contributed by atoms with Crippen molar-refractivity contribution < 1.29 is 9.53 Å². The summed E-state index contributed by atoms with van der Waals surface area (Å²) in [6, 6.07) is 17.4. The molecule has 1 aliphatic carbocycles. The zero-order valence-electron chi connectivity index (χ0n) is 18.8. The number of carbonyl (C=O) groups is 1. The van der Waals surface area contributed by atoms with Crippen molar-refractivity contribution in [2.75, 3.05) is 18.8 Å². The molecule has 1 atom stereocenters. The predicted octanol–water partition coefficient (Wildman–Crippen LogP) is 4.44. The number of carbonyl (C=O) groups excluding carboxylic acids is 1. The number of hydrogen-bond acceptors (Lipinski definition) is 6. The van der Waals surface area contributed by atoms with E-state index in [1.165, 1.54) is 0 Å². The van der Waals surface area contributed by atoms with Gasteiger partial charge in [-0.3, -0.25) is 4.79 Å². The van der Waals surface area contributed by atoms with Crippen LogP contribution in [0.5, 0.6) is 11.5 Å². The molecule has 34 heavy (non-hydrogen) atoms. The van der Waals surface area contributed by atoms with E-state index in [1.54, 1.807) is 6.20 Å². The van der Waals surface area contributed by atoms with Crippen molar-refractivity contribution in [3.05, 3.63) is 60.8 Å². The third-order valence-electron chi connectivity index (χ3n) is 6.56. The lowest BCUT2D eigenvalue weighted by Gasteiger charge is -2.33. The Morgan fingerprint density at radius 3 is 2.50 bits per heavy atom. The maximum atomic E-state index is 12.6. The standard InChI is InChI=1S/C26H26N6O2/c27-23-22-15-28-32(19-5-4-14-31(16-19)26(33)18-8-9-18)25(22)30-24(29-23)17-10-12-21(13-11-17)34-20-6-2-1-3-7-20/h1-3,6-7,10-13,15,18-19H,4-5,8-9,14,16H2,(H2,27,29,30)/t19-/m1/s1. The summed E-state index contributed by atoms with van der Waals surface area (Å²) < 4.78 is 7.81. The van der Waals surface area contributed by atoms with Crippen LogP contribution >= 0.6 is 0 Å². The molecule has 0 spiro atoms. The number of anilines is 1. The van der Waals surface area contributed by atoms with Gasteiger partial charge in [-0.25, -0.2) is 14.6 Å². The number of rotatable bonds is 5. The van der Waals surface area contributed by atoms with Gasteiger partial charge in [0.2, 0.25) is 5.91 Å². The summed E-state index contributed by atoms with van der Waals surface area (Å²) in [4.78, 5) is 24.0. The molecule has 172 valence electrons. The van der Waals surface area contributed by atoms with Gasteiger partial charge in [-0.1, -0.05) is 18.2 Å². The third-order valence-corrected chi connectivity index (χ3v) is 6.56. The van der Waals surface area contributed by atoms with E-state index in [2.05, 4.69) is 10.1 Å². The monoisotopic (exact) mass is 454 g/mol. The number of aromatic nitrogens is 4. The minimum absolute atomic E-state index is 0.0812. The maximum absolute atomic E-state index is 12.6. The highest BCUT2D eigenvalue weighted by molar-refractivity contribution is 5.87. The molecule has 2 aromatic heterocycles. The van der Waals surface area contributed by atoms with Crippen LogP contribution in [0, 0.1) is 5.92 Å².